The van der Waals surface area contributed by atoms with E-state index in [0.29, 0.717) is 24.4 Å². The van der Waals surface area contributed by atoms with E-state index in [1.54, 1.807) is 4.90 Å². The molecule has 1 aliphatic heterocycles. The number of amides is 1. The molecule has 0 aliphatic carbocycles. The van der Waals surface area contributed by atoms with E-state index in [-0.39, 0.29) is 18.0 Å². The summed E-state index contributed by atoms with van der Waals surface area (Å²) in [6.07, 6.45) is -0.144. The first kappa shape index (κ1) is 18.1. The molecule has 0 spiro atoms. The van der Waals surface area contributed by atoms with Gasteiger partial charge in [0.15, 0.2) is 6.10 Å². The minimum absolute atomic E-state index is 0.147. The maximum atomic E-state index is 13.0. The molecular formula is C22H21N3O3. The highest BCUT2D eigenvalue weighted by Crippen LogP contribution is 2.24. The molecule has 4 rings (SSSR count). The fourth-order valence-electron chi connectivity index (χ4n) is 3.52. The maximum absolute atomic E-state index is 13.0. The van der Waals surface area contributed by atoms with Gasteiger partial charge in [-0.05, 0) is 5.56 Å². The van der Waals surface area contributed by atoms with Crippen LogP contribution < -0.4 is 5.56 Å². The van der Waals surface area contributed by atoms with Crippen LogP contribution in [0.1, 0.15) is 22.9 Å². The smallest absolute Gasteiger partial charge is 0.256 e. The summed E-state index contributed by atoms with van der Waals surface area (Å²) in [6, 6.07) is 18.9. The van der Waals surface area contributed by atoms with Crippen LogP contribution in [0, 0.1) is 0 Å². The van der Waals surface area contributed by atoms with Crippen LogP contribution in [0.2, 0.25) is 0 Å². The second kappa shape index (κ2) is 7.78. The second-order valence-electron chi connectivity index (χ2n) is 6.74. The molecule has 142 valence electrons. The van der Waals surface area contributed by atoms with E-state index < -0.39 is 6.10 Å². The molecule has 1 amide bonds. The third kappa shape index (κ3) is 3.46. The molecule has 28 heavy (non-hydrogen) atoms. The van der Waals surface area contributed by atoms with E-state index in [1.165, 1.54) is 7.11 Å². The van der Waals surface area contributed by atoms with Crippen molar-refractivity contribution in [3.8, 4) is 11.4 Å². The van der Waals surface area contributed by atoms with Gasteiger partial charge in [-0.25, -0.2) is 4.98 Å². The van der Waals surface area contributed by atoms with Crippen LogP contribution in [-0.2, 0) is 22.5 Å². The number of hydrogen-bond donors (Lipinski definition) is 1. The highest BCUT2D eigenvalue weighted by atomic mass is 16.5. The zero-order valence-corrected chi connectivity index (χ0v) is 15.6. The highest BCUT2D eigenvalue weighted by molar-refractivity contribution is 5.82. The summed E-state index contributed by atoms with van der Waals surface area (Å²) in [5.74, 6) is 0.411. The molecule has 0 radical (unpaired) electrons. The zero-order chi connectivity index (χ0) is 19.5. The number of carbonyl (C=O) groups excluding carboxylic acids is 1. The van der Waals surface area contributed by atoms with E-state index in [0.717, 1.165) is 16.8 Å². The molecule has 0 saturated carbocycles. The Morgan fingerprint density at radius 2 is 1.79 bits per heavy atom. The summed E-state index contributed by atoms with van der Waals surface area (Å²) >= 11 is 0. The monoisotopic (exact) mass is 375 g/mol. The SMILES string of the molecule is COC(C(=O)N1CCc2nc(-c3ccccc3)[nH]c(=O)c2C1)c1ccccc1. The minimum atomic E-state index is -0.682. The van der Waals surface area contributed by atoms with Crippen LogP contribution in [0.15, 0.2) is 65.5 Å². The standard InChI is InChI=1S/C22H21N3O3/c1-28-19(15-8-4-2-5-9-15)22(27)25-13-12-18-17(14-25)21(26)24-20(23-18)16-10-6-3-7-11-16/h2-11,19H,12-14H2,1H3,(H,23,24,26). The molecular weight excluding hydrogens is 354 g/mol. The largest absolute Gasteiger partial charge is 0.367 e. The van der Waals surface area contributed by atoms with Crippen LogP contribution in [0.3, 0.4) is 0 Å². The number of nitrogens with zero attached hydrogens (tertiary/aromatic N) is 2. The number of fused-ring (bicyclic) bond motifs is 1. The molecule has 1 unspecified atom stereocenters. The Hall–Kier alpha value is -3.25. The Labute approximate surface area is 162 Å². The van der Waals surface area contributed by atoms with E-state index in [4.69, 9.17) is 4.74 Å². The molecule has 1 N–H and O–H groups in total. The van der Waals surface area contributed by atoms with Crippen molar-refractivity contribution in [2.24, 2.45) is 0 Å². The van der Waals surface area contributed by atoms with Gasteiger partial charge in [0, 0.05) is 25.6 Å². The first-order valence-corrected chi connectivity index (χ1v) is 9.21. The molecule has 2 aromatic carbocycles. The van der Waals surface area contributed by atoms with Gasteiger partial charge in [0.25, 0.3) is 11.5 Å². The van der Waals surface area contributed by atoms with Crippen molar-refractivity contribution in [3.63, 3.8) is 0 Å². The number of hydrogen-bond acceptors (Lipinski definition) is 4. The van der Waals surface area contributed by atoms with Gasteiger partial charge < -0.3 is 14.6 Å². The average molecular weight is 375 g/mol. The molecule has 2 heterocycles. The lowest BCUT2D eigenvalue weighted by atomic mass is 10.0. The quantitative estimate of drug-likeness (QED) is 0.761. The maximum Gasteiger partial charge on any atom is 0.256 e. The summed E-state index contributed by atoms with van der Waals surface area (Å²) < 4.78 is 5.45. The molecule has 1 aliphatic rings. The normalized spacial score (nSPS) is 14.4. The minimum Gasteiger partial charge on any atom is -0.367 e. The topological polar surface area (TPSA) is 75.3 Å². The molecule has 6 nitrogen and oxygen atoms in total. The van der Waals surface area contributed by atoms with Crippen molar-refractivity contribution in [3.05, 3.63) is 87.8 Å². The third-order valence-electron chi connectivity index (χ3n) is 4.99. The number of benzene rings is 2. The van der Waals surface area contributed by atoms with Gasteiger partial charge in [-0.2, -0.15) is 0 Å². The molecule has 3 aromatic rings. The molecule has 6 heteroatoms. The van der Waals surface area contributed by atoms with E-state index in [1.807, 2.05) is 60.7 Å². The first-order valence-electron chi connectivity index (χ1n) is 9.21. The Morgan fingerprint density at radius 1 is 1.11 bits per heavy atom. The third-order valence-corrected chi connectivity index (χ3v) is 4.99. The van der Waals surface area contributed by atoms with Gasteiger partial charge in [-0.15, -0.1) is 0 Å². The Morgan fingerprint density at radius 3 is 2.46 bits per heavy atom. The fourth-order valence-corrected chi connectivity index (χ4v) is 3.52. The van der Waals surface area contributed by atoms with Gasteiger partial charge in [0.1, 0.15) is 5.82 Å². The lowest BCUT2D eigenvalue weighted by Gasteiger charge is -2.30. The summed E-state index contributed by atoms with van der Waals surface area (Å²) in [5.41, 5.74) is 2.76. The van der Waals surface area contributed by atoms with Crippen molar-refractivity contribution >= 4 is 5.91 Å². The molecule has 1 aromatic heterocycles. The lowest BCUT2D eigenvalue weighted by molar-refractivity contribution is -0.143. The van der Waals surface area contributed by atoms with Crippen LogP contribution in [-0.4, -0.2) is 34.4 Å². The van der Waals surface area contributed by atoms with Crippen LogP contribution in [0.25, 0.3) is 11.4 Å². The van der Waals surface area contributed by atoms with Crippen LogP contribution >= 0.6 is 0 Å². The first-order chi connectivity index (χ1) is 13.7. The van der Waals surface area contributed by atoms with E-state index in [9.17, 15) is 9.59 Å². The molecule has 0 saturated heterocycles. The van der Waals surface area contributed by atoms with Crippen molar-refractivity contribution < 1.29 is 9.53 Å². The second-order valence-corrected chi connectivity index (χ2v) is 6.74. The van der Waals surface area contributed by atoms with Gasteiger partial charge >= 0.3 is 0 Å². The summed E-state index contributed by atoms with van der Waals surface area (Å²) in [7, 11) is 1.52. The summed E-state index contributed by atoms with van der Waals surface area (Å²) in [5, 5.41) is 0. The van der Waals surface area contributed by atoms with Gasteiger partial charge in [-0.3, -0.25) is 9.59 Å². The summed E-state index contributed by atoms with van der Waals surface area (Å²) in [4.78, 5) is 34.8. The highest BCUT2D eigenvalue weighted by Gasteiger charge is 2.30. The Balaban J connectivity index is 1.60. The molecule has 0 bridgehead atoms. The van der Waals surface area contributed by atoms with Crippen molar-refractivity contribution in [2.45, 2.75) is 19.1 Å². The van der Waals surface area contributed by atoms with Gasteiger partial charge in [0.2, 0.25) is 0 Å². The number of aromatic amines is 1. The Bertz CT molecular complexity index is 1030. The van der Waals surface area contributed by atoms with Crippen LogP contribution in [0.4, 0.5) is 0 Å². The van der Waals surface area contributed by atoms with Crippen molar-refractivity contribution in [1.29, 1.82) is 0 Å². The average Bonchev–Trinajstić information content (AvgIpc) is 2.75. The zero-order valence-electron chi connectivity index (χ0n) is 15.6. The fraction of sp³-hybridized carbons (Fsp3) is 0.227. The summed E-state index contributed by atoms with van der Waals surface area (Å²) in [6.45, 7) is 0.738. The number of H-pyrrole nitrogens is 1. The lowest BCUT2D eigenvalue weighted by Crippen LogP contribution is -2.42. The predicted molar refractivity (Wildman–Crippen MR) is 106 cm³/mol. The predicted octanol–water partition coefficient (Wildman–Crippen LogP) is 2.71. The van der Waals surface area contributed by atoms with E-state index >= 15 is 0 Å². The molecule has 0 fully saturated rings. The number of carbonyl (C=O) groups is 1. The van der Waals surface area contributed by atoms with E-state index in [2.05, 4.69) is 9.97 Å². The molecule has 1 atom stereocenters. The number of ether oxygens (including phenoxy) is 1. The van der Waals surface area contributed by atoms with Crippen molar-refractivity contribution in [1.82, 2.24) is 14.9 Å². The van der Waals surface area contributed by atoms with Gasteiger partial charge in [-0.1, -0.05) is 60.7 Å². The number of methoxy groups -OCH3 is 1. The number of rotatable bonds is 4. The number of aromatic nitrogens is 2. The number of nitrogens with one attached hydrogen (secondary N) is 1. The van der Waals surface area contributed by atoms with Gasteiger partial charge in [0.05, 0.1) is 17.8 Å². The van der Waals surface area contributed by atoms with Crippen molar-refractivity contribution in [2.75, 3.05) is 13.7 Å². The Kier molecular flexibility index (Phi) is 5.04. The van der Waals surface area contributed by atoms with Crippen LogP contribution in [0.5, 0.6) is 0 Å².